The van der Waals surface area contributed by atoms with Crippen LogP contribution in [-0.2, 0) is 6.42 Å². The number of halogens is 2. The van der Waals surface area contributed by atoms with E-state index in [0.29, 0.717) is 20.6 Å². The molecule has 21 heavy (non-hydrogen) atoms. The molecule has 1 aliphatic heterocycles. The van der Waals surface area contributed by atoms with Crippen molar-refractivity contribution in [2.75, 3.05) is 17.2 Å². The van der Waals surface area contributed by atoms with E-state index >= 15 is 0 Å². The number of aromatic nitrogens is 2. The second kappa shape index (κ2) is 6.11. The van der Waals surface area contributed by atoms with Gasteiger partial charge in [-0.1, -0.05) is 6.07 Å². The molecule has 2 heterocycles. The van der Waals surface area contributed by atoms with Gasteiger partial charge in [0, 0.05) is 17.8 Å². The summed E-state index contributed by atoms with van der Waals surface area (Å²) in [5.74, 6) is 0.234. The summed E-state index contributed by atoms with van der Waals surface area (Å²) in [6, 6.07) is 5.72. The number of nitrogens with zero attached hydrogens (tertiary/aromatic N) is 2. The first kappa shape index (κ1) is 14.5. The van der Waals surface area contributed by atoms with Crippen molar-refractivity contribution >= 4 is 49.3 Å². The number of benzene rings is 1. The largest absolute Gasteiger partial charge is 0.385 e. The maximum atomic E-state index is 12.5. The Morgan fingerprint density at radius 3 is 3.00 bits per heavy atom. The van der Waals surface area contributed by atoms with Gasteiger partial charge in [0.1, 0.15) is 9.21 Å². The summed E-state index contributed by atoms with van der Waals surface area (Å²) in [5, 5.41) is 6.11. The zero-order valence-corrected chi connectivity index (χ0v) is 14.2. The van der Waals surface area contributed by atoms with E-state index in [-0.39, 0.29) is 5.91 Å². The third-order valence-corrected chi connectivity index (χ3v) is 4.21. The fourth-order valence-corrected chi connectivity index (χ4v) is 3.24. The van der Waals surface area contributed by atoms with Gasteiger partial charge in [0.15, 0.2) is 5.82 Å². The molecule has 0 radical (unpaired) electrons. The first-order valence-electron chi connectivity index (χ1n) is 6.50. The average Bonchev–Trinajstić information content (AvgIpc) is 2.49. The molecular formula is C14H12Br2N4O. The van der Waals surface area contributed by atoms with Crippen LogP contribution in [0.1, 0.15) is 22.3 Å². The van der Waals surface area contributed by atoms with Crippen LogP contribution in [0.3, 0.4) is 0 Å². The maximum absolute atomic E-state index is 12.5. The van der Waals surface area contributed by atoms with Gasteiger partial charge in [-0.3, -0.25) is 4.79 Å². The number of amides is 1. The summed E-state index contributed by atoms with van der Waals surface area (Å²) >= 11 is 6.52. The van der Waals surface area contributed by atoms with Crippen LogP contribution in [0.25, 0.3) is 0 Å². The van der Waals surface area contributed by atoms with Crippen LogP contribution in [0.4, 0.5) is 11.5 Å². The van der Waals surface area contributed by atoms with Crippen LogP contribution in [0.15, 0.2) is 33.6 Å². The predicted molar refractivity (Wildman–Crippen MR) is 88.6 cm³/mol. The van der Waals surface area contributed by atoms with Gasteiger partial charge in [0.05, 0.1) is 6.20 Å². The van der Waals surface area contributed by atoms with E-state index in [1.54, 1.807) is 6.20 Å². The number of fused-ring (bicyclic) bond motifs is 1. The summed E-state index contributed by atoms with van der Waals surface area (Å²) in [7, 11) is 0. The van der Waals surface area contributed by atoms with Crippen molar-refractivity contribution < 1.29 is 4.79 Å². The van der Waals surface area contributed by atoms with Crippen molar-refractivity contribution in [3.63, 3.8) is 0 Å². The van der Waals surface area contributed by atoms with Crippen LogP contribution < -0.4 is 10.6 Å². The van der Waals surface area contributed by atoms with Crippen molar-refractivity contribution in [1.82, 2.24) is 9.97 Å². The topological polar surface area (TPSA) is 66.9 Å². The van der Waals surface area contributed by atoms with Gasteiger partial charge in [0.2, 0.25) is 0 Å². The molecule has 1 aromatic heterocycles. The Labute approximate surface area is 138 Å². The van der Waals surface area contributed by atoms with E-state index < -0.39 is 0 Å². The van der Waals surface area contributed by atoms with Crippen LogP contribution in [0.5, 0.6) is 0 Å². The molecule has 5 nitrogen and oxygen atoms in total. The van der Waals surface area contributed by atoms with Gasteiger partial charge < -0.3 is 10.6 Å². The molecule has 1 aromatic carbocycles. The molecule has 0 fully saturated rings. The summed E-state index contributed by atoms with van der Waals surface area (Å²) in [6.45, 7) is 0.946. The maximum Gasteiger partial charge on any atom is 0.257 e. The second-order valence-corrected chi connectivity index (χ2v) is 6.21. The van der Waals surface area contributed by atoms with Crippen LogP contribution in [0.2, 0.25) is 0 Å². The Kier molecular flexibility index (Phi) is 4.21. The molecule has 7 heteroatoms. The quantitative estimate of drug-likeness (QED) is 0.791. The fourth-order valence-electron chi connectivity index (χ4n) is 2.33. The number of hydrogen-bond donors (Lipinski definition) is 2. The minimum absolute atomic E-state index is 0.173. The Morgan fingerprint density at radius 1 is 1.33 bits per heavy atom. The summed E-state index contributed by atoms with van der Waals surface area (Å²) in [4.78, 5) is 20.8. The lowest BCUT2D eigenvalue weighted by molar-refractivity contribution is 0.102. The molecule has 1 amide bonds. The first-order valence-corrected chi connectivity index (χ1v) is 8.09. The second-order valence-electron chi connectivity index (χ2n) is 4.65. The summed E-state index contributed by atoms with van der Waals surface area (Å²) < 4.78 is 1.10. The minimum atomic E-state index is -0.173. The molecule has 2 aromatic rings. The molecule has 3 rings (SSSR count). The third-order valence-electron chi connectivity index (χ3n) is 3.27. The highest BCUT2D eigenvalue weighted by Crippen LogP contribution is 2.26. The molecular weight excluding hydrogens is 400 g/mol. The van der Waals surface area contributed by atoms with E-state index in [9.17, 15) is 4.79 Å². The Morgan fingerprint density at radius 2 is 2.19 bits per heavy atom. The highest BCUT2D eigenvalue weighted by molar-refractivity contribution is 9.11. The molecule has 0 saturated carbocycles. The van der Waals surface area contributed by atoms with Crippen LogP contribution in [-0.4, -0.2) is 22.4 Å². The van der Waals surface area contributed by atoms with E-state index in [2.05, 4.69) is 52.5 Å². The number of nitrogens with one attached hydrogen (secondary N) is 2. The van der Waals surface area contributed by atoms with Gasteiger partial charge in [-0.2, -0.15) is 0 Å². The van der Waals surface area contributed by atoms with Crippen molar-refractivity contribution in [2.24, 2.45) is 0 Å². The fraction of sp³-hybridized carbons (Fsp3) is 0.214. The third kappa shape index (κ3) is 3.08. The molecule has 0 bridgehead atoms. The number of hydrogen-bond acceptors (Lipinski definition) is 4. The van der Waals surface area contributed by atoms with Gasteiger partial charge in [0.25, 0.3) is 5.91 Å². The van der Waals surface area contributed by atoms with Crippen LogP contribution in [0, 0.1) is 0 Å². The smallest absolute Gasteiger partial charge is 0.257 e. The number of anilines is 2. The normalized spacial score (nSPS) is 13.2. The number of carbonyl (C=O) groups is 1. The van der Waals surface area contributed by atoms with Crippen molar-refractivity contribution in [3.8, 4) is 0 Å². The van der Waals surface area contributed by atoms with Gasteiger partial charge in [-0.05, 0) is 62.4 Å². The highest BCUT2D eigenvalue weighted by Gasteiger charge is 2.18. The zero-order valence-electron chi connectivity index (χ0n) is 11.0. The standard InChI is InChI=1S/C14H12Br2N4O/c15-11-7-18-13(12(16)19-11)20-14(21)9-3-1-5-10-8(9)4-2-6-17-10/h1,3,5,7,17H,2,4,6H2,(H,18,20,21). The van der Waals surface area contributed by atoms with E-state index in [1.165, 1.54) is 0 Å². The number of rotatable bonds is 2. The van der Waals surface area contributed by atoms with Gasteiger partial charge >= 0.3 is 0 Å². The molecule has 2 N–H and O–H groups in total. The lowest BCUT2D eigenvalue weighted by atomic mass is 9.97. The lowest BCUT2D eigenvalue weighted by Gasteiger charge is -2.20. The lowest BCUT2D eigenvalue weighted by Crippen LogP contribution is -2.20. The predicted octanol–water partition coefficient (Wildman–Crippen LogP) is 3.61. The Hall–Kier alpha value is -1.47. The monoisotopic (exact) mass is 410 g/mol. The highest BCUT2D eigenvalue weighted by atomic mass is 79.9. The molecule has 0 unspecified atom stereocenters. The molecule has 0 spiro atoms. The summed E-state index contributed by atoms with van der Waals surface area (Å²) in [5.41, 5.74) is 2.77. The minimum Gasteiger partial charge on any atom is -0.385 e. The zero-order chi connectivity index (χ0) is 14.8. The Balaban J connectivity index is 1.89. The molecule has 1 aliphatic rings. The van der Waals surface area contributed by atoms with E-state index in [1.807, 2.05) is 18.2 Å². The van der Waals surface area contributed by atoms with Gasteiger partial charge in [-0.25, -0.2) is 9.97 Å². The molecule has 108 valence electrons. The molecule has 0 saturated heterocycles. The Bertz CT molecular complexity index is 705. The number of carbonyl (C=O) groups excluding carboxylic acids is 1. The average molecular weight is 412 g/mol. The van der Waals surface area contributed by atoms with Crippen molar-refractivity contribution in [2.45, 2.75) is 12.8 Å². The van der Waals surface area contributed by atoms with Gasteiger partial charge in [-0.15, -0.1) is 0 Å². The molecule has 0 aliphatic carbocycles. The first-order chi connectivity index (χ1) is 10.1. The SMILES string of the molecule is O=C(Nc1ncc(Br)nc1Br)c1cccc2c1CCCN2. The van der Waals surface area contributed by atoms with E-state index in [0.717, 1.165) is 30.6 Å². The van der Waals surface area contributed by atoms with Crippen LogP contribution >= 0.6 is 31.9 Å². The summed E-state index contributed by atoms with van der Waals surface area (Å²) in [6.07, 6.45) is 3.47. The van der Waals surface area contributed by atoms with Crippen molar-refractivity contribution in [1.29, 1.82) is 0 Å². The van der Waals surface area contributed by atoms with E-state index in [4.69, 9.17) is 0 Å². The molecule has 0 atom stereocenters. The van der Waals surface area contributed by atoms with Crippen molar-refractivity contribution in [3.05, 3.63) is 44.7 Å².